The van der Waals surface area contributed by atoms with E-state index in [0.717, 1.165) is 12.1 Å². The number of nitrogens with one attached hydrogen (secondary N) is 1. The van der Waals surface area contributed by atoms with Crippen LogP contribution in [0.2, 0.25) is 0 Å². The molecule has 0 aliphatic heterocycles. The molecule has 0 aliphatic carbocycles. The fraction of sp³-hybridized carbons (Fsp3) is 0.0769. The number of anilines is 3. The van der Waals surface area contributed by atoms with Gasteiger partial charge < -0.3 is 11.1 Å². The monoisotopic (exact) mass is 297 g/mol. The minimum absolute atomic E-state index is 0.266. The molecule has 0 fully saturated rings. The number of nitrogen functional groups attached to an aromatic ring is 1. The molecular formula is C13H10F3N3O2. The highest BCUT2D eigenvalue weighted by atomic mass is 19.4. The third-order valence-electron chi connectivity index (χ3n) is 2.71. The lowest BCUT2D eigenvalue weighted by molar-refractivity contribution is -0.385. The molecule has 0 amide bonds. The van der Waals surface area contributed by atoms with Crippen molar-refractivity contribution in [1.82, 2.24) is 0 Å². The van der Waals surface area contributed by atoms with Crippen LogP contribution in [0.1, 0.15) is 5.56 Å². The Labute approximate surface area is 117 Å². The van der Waals surface area contributed by atoms with E-state index in [-0.39, 0.29) is 5.69 Å². The van der Waals surface area contributed by atoms with Gasteiger partial charge in [0, 0.05) is 23.5 Å². The van der Waals surface area contributed by atoms with Crippen molar-refractivity contribution in [3.8, 4) is 0 Å². The second kappa shape index (κ2) is 5.31. The number of hydrogen-bond donors (Lipinski definition) is 2. The summed E-state index contributed by atoms with van der Waals surface area (Å²) in [5.41, 5.74) is 4.37. The maximum absolute atomic E-state index is 13.0. The topological polar surface area (TPSA) is 81.2 Å². The first-order valence-corrected chi connectivity index (χ1v) is 5.75. The highest BCUT2D eigenvalue weighted by Crippen LogP contribution is 2.38. The normalized spacial score (nSPS) is 11.2. The van der Waals surface area contributed by atoms with Gasteiger partial charge in [0.25, 0.3) is 5.69 Å². The molecule has 0 spiro atoms. The zero-order valence-corrected chi connectivity index (χ0v) is 10.5. The largest absolute Gasteiger partial charge is 0.418 e. The van der Waals surface area contributed by atoms with Crippen LogP contribution in [0.4, 0.5) is 35.9 Å². The summed E-state index contributed by atoms with van der Waals surface area (Å²) in [6.07, 6.45) is -4.71. The molecule has 0 aliphatic rings. The van der Waals surface area contributed by atoms with E-state index in [4.69, 9.17) is 5.73 Å². The van der Waals surface area contributed by atoms with E-state index in [9.17, 15) is 23.3 Å². The summed E-state index contributed by atoms with van der Waals surface area (Å²) < 4.78 is 38.9. The van der Waals surface area contributed by atoms with Crippen LogP contribution in [-0.2, 0) is 6.18 Å². The van der Waals surface area contributed by atoms with Gasteiger partial charge in [0.2, 0.25) is 0 Å². The molecule has 0 unspecified atom stereocenters. The van der Waals surface area contributed by atoms with Gasteiger partial charge in [-0.2, -0.15) is 13.2 Å². The van der Waals surface area contributed by atoms with Gasteiger partial charge in [-0.1, -0.05) is 0 Å². The number of halogens is 3. The third-order valence-corrected chi connectivity index (χ3v) is 2.71. The summed E-state index contributed by atoms with van der Waals surface area (Å²) in [6.45, 7) is 0. The summed E-state index contributed by atoms with van der Waals surface area (Å²) in [5.74, 6) is 0. The van der Waals surface area contributed by atoms with Crippen molar-refractivity contribution in [3.05, 3.63) is 58.1 Å². The number of nitro benzene ring substituents is 1. The Morgan fingerprint density at radius 3 is 2.24 bits per heavy atom. The maximum Gasteiger partial charge on any atom is 0.418 e. The van der Waals surface area contributed by atoms with E-state index in [1.165, 1.54) is 24.3 Å². The van der Waals surface area contributed by atoms with E-state index in [2.05, 4.69) is 5.32 Å². The van der Waals surface area contributed by atoms with Crippen LogP contribution >= 0.6 is 0 Å². The molecular weight excluding hydrogens is 287 g/mol. The Morgan fingerprint density at radius 1 is 1.10 bits per heavy atom. The molecule has 2 aromatic rings. The second-order valence-corrected chi connectivity index (χ2v) is 4.23. The number of non-ortho nitro benzene ring substituents is 1. The van der Waals surface area contributed by atoms with Gasteiger partial charge in [0.1, 0.15) is 0 Å². The lowest BCUT2D eigenvalue weighted by Crippen LogP contribution is -2.09. The zero-order chi connectivity index (χ0) is 15.6. The SMILES string of the molecule is Nc1ccc(Nc2ccc([N+](=O)[O-])cc2C(F)(F)F)cc1. The summed E-state index contributed by atoms with van der Waals surface area (Å²) in [5, 5.41) is 13.2. The molecule has 0 atom stereocenters. The minimum atomic E-state index is -4.71. The van der Waals surface area contributed by atoms with Crippen LogP contribution in [0.15, 0.2) is 42.5 Å². The Balaban J connectivity index is 2.43. The van der Waals surface area contributed by atoms with E-state index >= 15 is 0 Å². The van der Waals surface area contributed by atoms with Gasteiger partial charge in [0.15, 0.2) is 0 Å². The maximum atomic E-state index is 13.0. The van der Waals surface area contributed by atoms with E-state index < -0.39 is 22.4 Å². The van der Waals surface area contributed by atoms with E-state index in [0.29, 0.717) is 17.4 Å². The number of hydrogen-bond acceptors (Lipinski definition) is 4. The molecule has 5 nitrogen and oxygen atoms in total. The Kier molecular flexibility index (Phi) is 3.70. The Hall–Kier alpha value is -2.77. The van der Waals surface area contributed by atoms with Crippen LogP contribution in [-0.4, -0.2) is 4.92 Å². The highest BCUT2D eigenvalue weighted by Gasteiger charge is 2.35. The molecule has 3 N–H and O–H groups in total. The molecule has 0 saturated heterocycles. The Bertz CT molecular complexity index is 669. The molecule has 0 radical (unpaired) electrons. The first-order chi connectivity index (χ1) is 9.77. The number of benzene rings is 2. The van der Waals surface area contributed by atoms with Crippen molar-refractivity contribution in [2.24, 2.45) is 0 Å². The zero-order valence-electron chi connectivity index (χ0n) is 10.5. The van der Waals surface area contributed by atoms with E-state index in [1.54, 1.807) is 0 Å². The fourth-order valence-electron chi connectivity index (χ4n) is 1.71. The molecule has 8 heteroatoms. The predicted molar refractivity (Wildman–Crippen MR) is 72.2 cm³/mol. The van der Waals surface area contributed by atoms with Gasteiger partial charge in [-0.15, -0.1) is 0 Å². The number of nitro groups is 1. The van der Waals surface area contributed by atoms with Crippen molar-refractivity contribution in [3.63, 3.8) is 0 Å². The number of nitrogens with two attached hydrogens (primary N) is 1. The second-order valence-electron chi connectivity index (χ2n) is 4.23. The molecule has 0 heterocycles. The smallest absolute Gasteiger partial charge is 0.399 e. The fourth-order valence-corrected chi connectivity index (χ4v) is 1.71. The predicted octanol–water partition coefficient (Wildman–Crippen LogP) is 3.94. The van der Waals surface area contributed by atoms with Crippen LogP contribution in [0.5, 0.6) is 0 Å². The first-order valence-electron chi connectivity index (χ1n) is 5.75. The number of rotatable bonds is 3. The lowest BCUT2D eigenvalue weighted by Gasteiger charge is -2.14. The molecule has 21 heavy (non-hydrogen) atoms. The van der Waals surface area contributed by atoms with Crippen molar-refractivity contribution in [2.45, 2.75) is 6.18 Å². The summed E-state index contributed by atoms with van der Waals surface area (Å²) in [4.78, 5) is 9.72. The molecule has 2 rings (SSSR count). The minimum Gasteiger partial charge on any atom is -0.399 e. The standard InChI is InChI=1S/C13H10F3N3O2/c14-13(15,16)11-7-10(19(20)21)5-6-12(11)18-9-3-1-8(17)2-4-9/h1-7,18H,17H2. The van der Waals surface area contributed by atoms with Crippen molar-refractivity contribution in [1.29, 1.82) is 0 Å². The number of nitrogens with zero attached hydrogens (tertiary/aromatic N) is 1. The lowest BCUT2D eigenvalue weighted by atomic mass is 10.1. The molecule has 0 bridgehead atoms. The number of alkyl halides is 3. The summed E-state index contributed by atoms with van der Waals surface area (Å²) in [6, 6.07) is 8.61. The van der Waals surface area contributed by atoms with Crippen LogP contribution in [0.25, 0.3) is 0 Å². The van der Waals surface area contributed by atoms with Crippen LogP contribution in [0.3, 0.4) is 0 Å². The van der Waals surface area contributed by atoms with Crippen molar-refractivity contribution >= 4 is 22.7 Å². The quantitative estimate of drug-likeness (QED) is 0.511. The van der Waals surface area contributed by atoms with Gasteiger partial charge >= 0.3 is 6.18 Å². The van der Waals surface area contributed by atoms with Crippen molar-refractivity contribution < 1.29 is 18.1 Å². The average Bonchev–Trinajstić information content (AvgIpc) is 2.40. The molecule has 2 aromatic carbocycles. The van der Waals surface area contributed by atoms with Gasteiger partial charge in [-0.25, -0.2) is 0 Å². The van der Waals surface area contributed by atoms with Gasteiger partial charge in [-0.05, 0) is 30.3 Å². The van der Waals surface area contributed by atoms with Crippen LogP contribution in [0, 0.1) is 10.1 Å². The molecule has 0 aromatic heterocycles. The Morgan fingerprint density at radius 2 is 1.71 bits per heavy atom. The van der Waals surface area contributed by atoms with Crippen molar-refractivity contribution in [2.75, 3.05) is 11.1 Å². The van der Waals surface area contributed by atoms with Gasteiger partial charge in [0.05, 0.1) is 16.2 Å². The van der Waals surface area contributed by atoms with Crippen LogP contribution < -0.4 is 11.1 Å². The van der Waals surface area contributed by atoms with Gasteiger partial charge in [-0.3, -0.25) is 10.1 Å². The first kappa shape index (κ1) is 14.6. The average molecular weight is 297 g/mol. The molecule has 0 saturated carbocycles. The highest BCUT2D eigenvalue weighted by molar-refractivity contribution is 5.67. The molecule has 110 valence electrons. The summed E-state index contributed by atoms with van der Waals surface area (Å²) >= 11 is 0. The summed E-state index contributed by atoms with van der Waals surface area (Å²) in [7, 11) is 0. The third kappa shape index (κ3) is 3.41. The van der Waals surface area contributed by atoms with E-state index in [1.807, 2.05) is 0 Å².